The molecule has 0 saturated carbocycles. The molecular weight excluding hydrogens is 493 g/mol. The molecule has 0 rings (SSSR count). The van der Waals surface area contributed by atoms with E-state index >= 15 is 0 Å². The van der Waals surface area contributed by atoms with Gasteiger partial charge in [0.2, 0.25) is 0 Å². The molecule has 0 N–H and O–H groups in total. The molecule has 0 aromatic carbocycles. The van der Waals surface area contributed by atoms with Crippen molar-refractivity contribution in [1.29, 1.82) is 0 Å². The maximum atomic E-state index is 12.2. The maximum absolute atomic E-state index is 12.2. The fourth-order valence-electron chi connectivity index (χ4n) is 4.21. The largest absolute Gasteiger partial charge is 0.466 e. The van der Waals surface area contributed by atoms with Crippen LogP contribution in [-0.2, 0) is 14.0 Å². The van der Waals surface area contributed by atoms with Crippen molar-refractivity contribution in [3.05, 3.63) is 11.6 Å². The molecule has 3 nitrogen and oxygen atoms in total. The lowest BCUT2D eigenvalue weighted by atomic mass is 9.96. The van der Waals surface area contributed by atoms with Crippen LogP contribution in [0.25, 0.3) is 0 Å². The van der Waals surface area contributed by atoms with E-state index in [2.05, 4.69) is 60.7 Å². The first-order valence-corrected chi connectivity index (χ1v) is 19.4. The Labute approximate surface area is 237 Å². The average Bonchev–Trinajstić information content (AvgIpc) is 2.83. The highest BCUT2D eigenvalue weighted by Crippen LogP contribution is 2.37. The smallest absolute Gasteiger partial charge is 0.334 e. The summed E-state index contributed by atoms with van der Waals surface area (Å²) in [6.45, 7) is 19.1. The van der Waals surface area contributed by atoms with Gasteiger partial charge in [-0.25, -0.2) is 4.79 Å². The fraction of sp³-hybridized carbons (Fsp3) is 0.906. The van der Waals surface area contributed by atoms with Crippen LogP contribution in [0.1, 0.15) is 138 Å². The summed E-state index contributed by atoms with van der Waals surface area (Å²) in [5.41, 5.74) is 0.815. The predicted molar refractivity (Wildman–Crippen MR) is 169 cm³/mol. The quantitative estimate of drug-likeness (QED) is 0.0542. The Morgan fingerprint density at radius 3 is 1.84 bits per heavy atom. The predicted octanol–water partition coefficient (Wildman–Crippen LogP) is 10.7. The van der Waals surface area contributed by atoms with E-state index in [1.54, 1.807) is 11.8 Å². The molecule has 0 heterocycles. The van der Waals surface area contributed by atoms with Crippen LogP contribution in [0.3, 0.4) is 0 Å². The lowest BCUT2D eigenvalue weighted by Gasteiger charge is -2.37. The summed E-state index contributed by atoms with van der Waals surface area (Å²) in [7, 11) is -0.269. The molecule has 0 aliphatic carbocycles. The first-order chi connectivity index (χ1) is 17.4. The molecule has 0 saturated heterocycles. The van der Waals surface area contributed by atoms with Crippen molar-refractivity contribution in [1.82, 2.24) is 0 Å². The van der Waals surface area contributed by atoms with E-state index in [0.717, 1.165) is 30.8 Å². The number of hydrogen-bond acceptors (Lipinski definition) is 4. The zero-order valence-corrected chi connectivity index (χ0v) is 28.2. The highest BCUT2D eigenvalue weighted by molar-refractivity contribution is 8.00. The molecule has 1 atom stereocenters. The average molecular weight is 557 g/mol. The van der Waals surface area contributed by atoms with Crippen LogP contribution in [0, 0.1) is 5.92 Å². The third kappa shape index (κ3) is 19.4. The molecule has 37 heavy (non-hydrogen) atoms. The van der Waals surface area contributed by atoms with Gasteiger partial charge in [0.15, 0.2) is 8.32 Å². The number of rotatable bonds is 23. The second-order valence-electron chi connectivity index (χ2n) is 12.8. The molecule has 0 radical (unpaired) electrons. The summed E-state index contributed by atoms with van der Waals surface area (Å²) in [6.07, 6.45) is 22.0. The number of esters is 1. The fourth-order valence-corrected chi connectivity index (χ4v) is 6.04. The van der Waals surface area contributed by atoms with Crippen molar-refractivity contribution in [3.63, 3.8) is 0 Å². The van der Waals surface area contributed by atoms with Gasteiger partial charge in [0, 0.05) is 17.9 Å². The Bertz CT molecular complexity index is 595. The van der Waals surface area contributed by atoms with Gasteiger partial charge < -0.3 is 9.16 Å². The molecule has 0 fully saturated rings. The third-order valence-electron chi connectivity index (χ3n) is 7.94. The van der Waals surface area contributed by atoms with Gasteiger partial charge in [-0.3, -0.25) is 0 Å². The summed E-state index contributed by atoms with van der Waals surface area (Å²) in [4.78, 5) is 12.2. The SMILES string of the molecule is CCCCCCCCCCCCCCC(CC/C=C(\CSC(C)C)C(=O)OC)CO[Si](C)(C)C(C)(C)C. The van der Waals surface area contributed by atoms with E-state index in [-0.39, 0.29) is 11.0 Å². The molecule has 0 bridgehead atoms. The van der Waals surface area contributed by atoms with Crippen molar-refractivity contribution in [2.45, 2.75) is 161 Å². The van der Waals surface area contributed by atoms with Gasteiger partial charge in [0.05, 0.1) is 7.11 Å². The van der Waals surface area contributed by atoms with Gasteiger partial charge in [-0.05, 0) is 48.6 Å². The number of ether oxygens (including phenoxy) is 1. The molecule has 0 amide bonds. The van der Waals surface area contributed by atoms with Crippen LogP contribution in [0.2, 0.25) is 18.1 Å². The van der Waals surface area contributed by atoms with Crippen LogP contribution >= 0.6 is 11.8 Å². The Balaban J connectivity index is 4.62. The summed E-state index contributed by atoms with van der Waals surface area (Å²) < 4.78 is 11.7. The zero-order valence-electron chi connectivity index (χ0n) is 26.4. The standard InChI is InChI=1S/C32H64O3SSi/c1-10-11-12-13-14-15-16-17-18-19-20-21-23-29(26-35-37(8,9)32(4,5)6)24-22-25-30(31(33)34-7)27-36-28(2)3/h25,28-29H,10-24,26-27H2,1-9H3/b30-25+. The topological polar surface area (TPSA) is 35.5 Å². The highest BCUT2D eigenvalue weighted by Gasteiger charge is 2.37. The second-order valence-corrected chi connectivity index (χ2v) is 19.1. The number of methoxy groups -OCH3 is 1. The van der Waals surface area contributed by atoms with E-state index in [4.69, 9.17) is 9.16 Å². The summed E-state index contributed by atoms with van der Waals surface area (Å²) >= 11 is 1.80. The lowest BCUT2D eigenvalue weighted by Crippen LogP contribution is -2.42. The third-order valence-corrected chi connectivity index (χ3v) is 13.6. The van der Waals surface area contributed by atoms with Gasteiger partial charge in [-0.2, -0.15) is 11.8 Å². The van der Waals surface area contributed by atoms with Gasteiger partial charge in [-0.15, -0.1) is 0 Å². The van der Waals surface area contributed by atoms with E-state index < -0.39 is 8.32 Å². The highest BCUT2D eigenvalue weighted by atomic mass is 32.2. The molecule has 0 spiro atoms. The van der Waals surface area contributed by atoms with Crippen LogP contribution in [-0.4, -0.2) is 39.0 Å². The lowest BCUT2D eigenvalue weighted by molar-refractivity contribution is -0.136. The first-order valence-electron chi connectivity index (χ1n) is 15.5. The second kappa shape index (κ2) is 21.5. The van der Waals surface area contributed by atoms with Crippen molar-refractivity contribution in [2.24, 2.45) is 5.92 Å². The van der Waals surface area contributed by atoms with Crippen LogP contribution < -0.4 is 0 Å². The molecule has 0 aromatic rings. The Kier molecular flexibility index (Phi) is 21.4. The van der Waals surface area contributed by atoms with E-state index in [9.17, 15) is 4.79 Å². The molecule has 220 valence electrons. The molecule has 1 unspecified atom stereocenters. The van der Waals surface area contributed by atoms with Crippen LogP contribution in [0.5, 0.6) is 0 Å². The number of unbranched alkanes of at least 4 members (excludes halogenated alkanes) is 11. The van der Waals surface area contributed by atoms with E-state index in [0.29, 0.717) is 11.2 Å². The minimum atomic E-state index is -1.75. The minimum Gasteiger partial charge on any atom is -0.466 e. The van der Waals surface area contributed by atoms with Crippen molar-refractivity contribution in [3.8, 4) is 0 Å². The number of carbonyl (C=O) groups excluding carboxylic acids is 1. The van der Waals surface area contributed by atoms with Crippen molar-refractivity contribution < 1.29 is 14.0 Å². The number of thioether (sulfide) groups is 1. The molecule has 0 aliphatic heterocycles. The van der Waals surface area contributed by atoms with Crippen molar-refractivity contribution >= 4 is 26.0 Å². The van der Waals surface area contributed by atoms with E-state index in [1.807, 2.05) is 0 Å². The van der Waals surface area contributed by atoms with Crippen LogP contribution in [0.4, 0.5) is 0 Å². The summed E-state index contributed by atoms with van der Waals surface area (Å²) in [5.74, 6) is 1.11. The van der Waals surface area contributed by atoms with E-state index in [1.165, 1.54) is 90.6 Å². The summed E-state index contributed by atoms with van der Waals surface area (Å²) in [6, 6.07) is 0. The van der Waals surface area contributed by atoms with Crippen molar-refractivity contribution in [2.75, 3.05) is 19.5 Å². The number of hydrogen-bond donors (Lipinski definition) is 0. The maximum Gasteiger partial charge on any atom is 0.334 e. The monoisotopic (exact) mass is 556 g/mol. The first kappa shape index (κ1) is 36.7. The van der Waals surface area contributed by atoms with Gasteiger partial charge in [0.1, 0.15) is 0 Å². The molecule has 0 aromatic heterocycles. The van der Waals surface area contributed by atoms with Gasteiger partial charge in [0.25, 0.3) is 0 Å². The molecule has 5 heteroatoms. The number of allylic oxidation sites excluding steroid dienone is 1. The Hall–Kier alpha value is -0.263. The van der Waals surface area contributed by atoms with Gasteiger partial charge >= 0.3 is 5.97 Å². The Morgan fingerprint density at radius 1 is 0.865 bits per heavy atom. The molecular formula is C32H64O3SSi. The minimum absolute atomic E-state index is 0.178. The van der Waals surface area contributed by atoms with Gasteiger partial charge in [-0.1, -0.05) is 125 Å². The Morgan fingerprint density at radius 2 is 1.38 bits per heavy atom. The normalized spacial score (nSPS) is 13.8. The zero-order chi connectivity index (χ0) is 28.2. The van der Waals surface area contributed by atoms with Crippen LogP contribution in [0.15, 0.2) is 11.6 Å². The number of carbonyl (C=O) groups is 1. The molecule has 0 aliphatic rings. The summed E-state index contributed by atoms with van der Waals surface area (Å²) in [5, 5.41) is 0.740.